The van der Waals surface area contributed by atoms with Crippen molar-refractivity contribution in [2.24, 2.45) is 11.7 Å². The normalized spacial score (nSPS) is 20.0. The van der Waals surface area contributed by atoms with Gasteiger partial charge in [0, 0.05) is 34.9 Å². The zero-order valence-electron chi connectivity index (χ0n) is 16.7. The van der Waals surface area contributed by atoms with Gasteiger partial charge in [0.2, 0.25) is 0 Å². The number of aryl methyl sites for hydroxylation is 1. The smallest absolute Gasteiger partial charge is 0.369 e. The highest BCUT2D eigenvalue weighted by Crippen LogP contribution is 2.31. The quantitative estimate of drug-likeness (QED) is 0.453. The number of rotatable bonds is 3. The van der Waals surface area contributed by atoms with E-state index in [1.54, 1.807) is 12.1 Å². The molecule has 30 heavy (non-hydrogen) atoms. The molecule has 5 N–H and O–H groups in total. The average molecular weight is 415 g/mol. The summed E-state index contributed by atoms with van der Waals surface area (Å²) in [5, 5.41) is 16.4. The molecule has 2 aromatic carbocycles. The largest absolute Gasteiger partial charge is 0.416 e. The molecule has 0 fully saturated rings. The molecule has 0 spiro atoms. The first-order valence-electron chi connectivity index (χ1n) is 9.57. The number of anilines is 1. The molecule has 0 bridgehead atoms. The number of hydrogen-bond donors (Lipinski definition) is 4. The van der Waals surface area contributed by atoms with E-state index >= 15 is 0 Å². The highest BCUT2D eigenvalue weighted by molar-refractivity contribution is 5.51. The van der Waals surface area contributed by atoms with Crippen molar-refractivity contribution in [3.05, 3.63) is 76.4 Å². The van der Waals surface area contributed by atoms with E-state index in [0.717, 1.165) is 28.8 Å². The van der Waals surface area contributed by atoms with E-state index in [9.17, 15) is 18.3 Å². The van der Waals surface area contributed by atoms with Gasteiger partial charge in [0.1, 0.15) is 0 Å². The minimum absolute atomic E-state index is 0.0855. The molecular weight excluding hydrogens is 391 g/mol. The second-order valence-corrected chi connectivity index (χ2v) is 7.41. The van der Waals surface area contributed by atoms with Crippen molar-refractivity contribution >= 4 is 5.69 Å². The van der Waals surface area contributed by atoms with E-state index in [1.807, 2.05) is 26.0 Å². The molecule has 158 valence electrons. The zero-order valence-corrected chi connectivity index (χ0v) is 16.7. The third kappa shape index (κ3) is 5.42. The fraction of sp³-hybridized carbons (Fsp3) is 0.304. The third-order valence-corrected chi connectivity index (χ3v) is 4.99. The lowest BCUT2D eigenvalue weighted by Crippen LogP contribution is -2.45. The maximum atomic E-state index is 12.9. The Balaban J connectivity index is 1.79. The zero-order chi connectivity index (χ0) is 21.9. The molecule has 0 radical (unpaired) electrons. The Morgan fingerprint density at radius 1 is 1.20 bits per heavy atom. The minimum Gasteiger partial charge on any atom is -0.369 e. The van der Waals surface area contributed by atoms with E-state index < -0.39 is 18.0 Å². The number of hydrogen-bond acceptors (Lipinski definition) is 4. The van der Waals surface area contributed by atoms with Crippen LogP contribution in [0, 0.1) is 24.7 Å². The summed E-state index contributed by atoms with van der Waals surface area (Å²) < 4.78 is 38.7. The monoisotopic (exact) mass is 415 g/mol. The molecule has 0 amide bonds. The van der Waals surface area contributed by atoms with Gasteiger partial charge in [-0.25, -0.2) is 0 Å². The number of nitrogens with one attached hydrogen (secondary N) is 2. The predicted molar refractivity (Wildman–Crippen MR) is 111 cm³/mol. The van der Waals surface area contributed by atoms with Crippen LogP contribution in [0.5, 0.6) is 0 Å². The van der Waals surface area contributed by atoms with Crippen molar-refractivity contribution in [1.82, 2.24) is 5.32 Å². The molecule has 3 atom stereocenters. The third-order valence-electron chi connectivity index (χ3n) is 4.99. The average Bonchev–Trinajstić information content (AvgIpc) is 2.69. The number of aliphatic hydroxyl groups excluding tert-OH is 1. The van der Waals surface area contributed by atoms with Gasteiger partial charge in [-0.1, -0.05) is 43.0 Å². The van der Waals surface area contributed by atoms with Crippen LogP contribution in [0.3, 0.4) is 0 Å². The Morgan fingerprint density at radius 2 is 1.97 bits per heavy atom. The number of benzene rings is 2. The summed E-state index contributed by atoms with van der Waals surface area (Å²) in [6, 6.07) is 9.99. The van der Waals surface area contributed by atoms with Gasteiger partial charge in [0.05, 0.1) is 11.7 Å². The standard InChI is InChI=1S/C23H24F3N3O/c1-14-6-8-18(11-17(14)9-7-16-10-15(2)21(27)28-13-16)22(30)29-20-5-3-4-19(12-20)23(24,25)26/h3-6,8,10-12,15,21-22,28-30H,13,27H2,1-2H3. The first-order valence-corrected chi connectivity index (χ1v) is 9.57. The van der Waals surface area contributed by atoms with E-state index in [-0.39, 0.29) is 17.8 Å². The van der Waals surface area contributed by atoms with E-state index in [1.165, 1.54) is 12.1 Å². The lowest BCUT2D eigenvalue weighted by molar-refractivity contribution is -0.137. The molecule has 1 aliphatic heterocycles. The van der Waals surface area contributed by atoms with Crippen LogP contribution in [-0.4, -0.2) is 17.8 Å². The van der Waals surface area contributed by atoms with Gasteiger partial charge < -0.3 is 16.2 Å². The SMILES string of the molecule is Cc1ccc(C(O)Nc2cccc(C(F)(F)F)c2)cc1C#CC1=CC(C)C(N)NC1. The first-order chi connectivity index (χ1) is 14.1. The maximum Gasteiger partial charge on any atom is 0.416 e. The Bertz CT molecular complexity index is 1000. The number of halogens is 3. The van der Waals surface area contributed by atoms with Crippen LogP contribution >= 0.6 is 0 Å². The van der Waals surface area contributed by atoms with Gasteiger partial charge in [-0.3, -0.25) is 5.32 Å². The fourth-order valence-electron chi connectivity index (χ4n) is 3.10. The lowest BCUT2D eigenvalue weighted by Gasteiger charge is -2.23. The summed E-state index contributed by atoms with van der Waals surface area (Å²) in [7, 11) is 0. The van der Waals surface area contributed by atoms with Gasteiger partial charge in [-0.15, -0.1) is 0 Å². The number of nitrogens with two attached hydrogens (primary N) is 1. The molecule has 1 heterocycles. The van der Waals surface area contributed by atoms with Crippen molar-refractivity contribution in [2.45, 2.75) is 32.4 Å². The van der Waals surface area contributed by atoms with Crippen LogP contribution < -0.4 is 16.4 Å². The van der Waals surface area contributed by atoms with E-state index in [4.69, 9.17) is 5.73 Å². The van der Waals surface area contributed by atoms with Crippen LogP contribution in [0.2, 0.25) is 0 Å². The van der Waals surface area contributed by atoms with Gasteiger partial charge in [0.15, 0.2) is 6.23 Å². The topological polar surface area (TPSA) is 70.3 Å². The molecule has 1 aliphatic rings. The summed E-state index contributed by atoms with van der Waals surface area (Å²) in [6.07, 6.45) is -3.67. The number of aliphatic hydroxyl groups is 1. The van der Waals surface area contributed by atoms with E-state index in [2.05, 4.69) is 22.5 Å². The van der Waals surface area contributed by atoms with Crippen LogP contribution in [0.25, 0.3) is 0 Å². The summed E-state index contributed by atoms with van der Waals surface area (Å²) in [6.45, 7) is 4.52. The van der Waals surface area contributed by atoms with Gasteiger partial charge in [-0.2, -0.15) is 13.2 Å². The number of alkyl halides is 3. The Kier molecular flexibility index (Phi) is 6.52. The molecular formula is C23H24F3N3O. The molecule has 4 nitrogen and oxygen atoms in total. The van der Waals surface area contributed by atoms with Crippen LogP contribution in [0.4, 0.5) is 18.9 Å². The first kappa shape index (κ1) is 21.9. The van der Waals surface area contributed by atoms with Crippen molar-refractivity contribution in [2.75, 3.05) is 11.9 Å². The predicted octanol–water partition coefficient (Wildman–Crippen LogP) is 3.92. The minimum atomic E-state index is -4.45. The van der Waals surface area contributed by atoms with Crippen molar-refractivity contribution < 1.29 is 18.3 Å². The van der Waals surface area contributed by atoms with Crippen LogP contribution in [-0.2, 0) is 6.18 Å². The second kappa shape index (κ2) is 8.92. The Morgan fingerprint density at radius 3 is 2.67 bits per heavy atom. The highest BCUT2D eigenvalue weighted by Gasteiger charge is 2.30. The fourth-order valence-corrected chi connectivity index (χ4v) is 3.10. The lowest BCUT2D eigenvalue weighted by atomic mass is 9.99. The van der Waals surface area contributed by atoms with Crippen LogP contribution in [0.1, 0.15) is 35.4 Å². The highest BCUT2D eigenvalue weighted by atomic mass is 19.4. The molecule has 0 aromatic heterocycles. The summed E-state index contributed by atoms with van der Waals surface area (Å²) >= 11 is 0. The van der Waals surface area contributed by atoms with Gasteiger partial charge in [0.25, 0.3) is 0 Å². The summed E-state index contributed by atoms with van der Waals surface area (Å²) in [4.78, 5) is 0. The van der Waals surface area contributed by atoms with Gasteiger partial charge >= 0.3 is 6.18 Å². The van der Waals surface area contributed by atoms with Crippen molar-refractivity contribution in [1.29, 1.82) is 0 Å². The Hall–Kier alpha value is -2.79. The summed E-state index contributed by atoms with van der Waals surface area (Å²) in [5.41, 5.74) is 8.44. The molecule has 0 aliphatic carbocycles. The molecule has 0 saturated carbocycles. The van der Waals surface area contributed by atoms with Crippen LogP contribution in [0.15, 0.2) is 54.1 Å². The second-order valence-electron chi connectivity index (χ2n) is 7.41. The maximum absolute atomic E-state index is 12.9. The summed E-state index contributed by atoms with van der Waals surface area (Å²) in [5.74, 6) is 6.43. The molecule has 0 saturated heterocycles. The van der Waals surface area contributed by atoms with Gasteiger partial charge in [-0.05, 0) is 36.8 Å². The molecule has 2 aromatic rings. The van der Waals surface area contributed by atoms with Crippen molar-refractivity contribution in [3.63, 3.8) is 0 Å². The Labute approximate surface area is 174 Å². The molecule has 3 rings (SSSR count). The molecule has 7 heteroatoms. The molecule has 3 unspecified atom stereocenters. The van der Waals surface area contributed by atoms with E-state index in [0.29, 0.717) is 12.1 Å². The van der Waals surface area contributed by atoms with Crippen molar-refractivity contribution in [3.8, 4) is 11.8 Å².